The fraction of sp³-hybridized carbons (Fsp3) is 0.364. The molecule has 2 amide bonds. The number of rotatable bonds is 4. The van der Waals surface area contributed by atoms with Gasteiger partial charge in [0.05, 0.1) is 11.1 Å². The third-order valence-corrected chi connectivity index (χ3v) is 4.68. The lowest BCUT2D eigenvalue weighted by atomic mass is 9.93. The lowest BCUT2D eigenvalue weighted by Crippen LogP contribution is -2.42. The van der Waals surface area contributed by atoms with Crippen LogP contribution in [0.5, 0.6) is 5.75 Å². The van der Waals surface area contributed by atoms with Crippen molar-refractivity contribution in [3.8, 4) is 5.75 Å². The van der Waals surface area contributed by atoms with E-state index in [-0.39, 0.29) is 11.8 Å². The largest absolute Gasteiger partial charge is 0.490 e. The molecule has 0 saturated carbocycles. The van der Waals surface area contributed by atoms with E-state index in [0.717, 1.165) is 17.7 Å². The molecule has 0 bridgehead atoms. The van der Waals surface area contributed by atoms with E-state index >= 15 is 0 Å². The van der Waals surface area contributed by atoms with Crippen molar-refractivity contribution in [2.24, 2.45) is 5.41 Å². The average Bonchev–Trinajstić information content (AvgIpc) is 2.73. The van der Waals surface area contributed by atoms with Gasteiger partial charge in [-0.3, -0.25) is 9.59 Å². The van der Waals surface area contributed by atoms with Gasteiger partial charge in [0, 0.05) is 23.9 Å². The smallest absolute Gasteiger partial charge is 0.255 e. The lowest BCUT2D eigenvalue weighted by Gasteiger charge is -2.27. The minimum absolute atomic E-state index is 0.0551. The monoisotopic (exact) mass is 366 g/mol. The van der Waals surface area contributed by atoms with Crippen LogP contribution in [0.4, 0.5) is 11.4 Å². The number of hydrogen-bond acceptors (Lipinski definition) is 3. The summed E-state index contributed by atoms with van der Waals surface area (Å²) in [6.07, 6.45) is 0.854. The number of hydrogen-bond donors (Lipinski definition) is 1. The van der Waals surface area contributed by atoms with E-state index in [4.69, 9.17) is 4.74 Å². The van der Waals surface area contributed by atoms with Crippen molar-refractivity contribution in [2.75, 3.05) is 23.4 Å². The van der Waals surface area contributed by atoms with Crippen molar-refractivity contribution < 1.29 is 14.3 Å². The van der Waals surface area contributed by atoms with Gasteiger partial charge in [-0.15, -0.1) is 0 Å². The maximum absolute atomic E-state index is 12.9. The summed E-state index contributed by atoms with van der Waals surface area (Å²) < 4.78 is 5.94. The number of benzene rings is 2. The molecule has 0 aliphatic carbocycles. The van der Waals surface area contributed by atoms with Crippen LogP contribution in [-0.2, 0) is 4.79 Å². The zero-order chi connectivity index (χ0) is 19.6. The number of aryl methyl sites for hydroxylation is 1. The predicted molar refractivity (Wildman–Crippen MR) is 107 cm³/mol. The first-order chi connectivity index (χ1) is 12.8. The van der Waals surface area contributed by atoms with Crippen molar-refractivity contribution >= 4 is 23.2 Å². The number of ether oxygens (including phenoxy) is 1. The summed E-state index contributed by atoms with van der Waals surface area (Å²) in [6.45, 7) is 8.74. The fourth-order valence-electron chi connectivity index (χ4n) is 3.08. The number of carbonyl (C=O) groups is 2. The molecule has 3 rings (SSSR count). The fourth-order valence-corrected chi connectivity index (χ4v) is 3.08. The summed E-state index contributed by atoms with van der Waals surface area (Å²) in [6, 6.07) is 12.9. The van der Waals surface area contributed by atoms with Crippen molar-refractivity contribution in [2.45, 2.75) is 34.1 Å². The molecular weight excluding hydrogens is 340 g/mol. The summed E-state index contributed by atoms with van der Waals surface area (Å²) in [7, 11) is 0. The molecule has 1 aliphatic heterocycles. The number of carbonyl (C=O) groups excluding carboxylic acids is 2. The van der Waals surface area contributed by atoms with E-state index in [9.17, 15) is 9.59 Å². The summed E-state index contributed by atoms with van der Waals surface area (Å²) in [5, 5.41) is 2.90. The summed E-state index contributed by atoms with van der Waals surface area (Å²) in [5.41, 5.74) is 2.50. The summed E-state index contributed by atoms with van der Waals surface area (Å²) >= 11 is 0. The normalized spacial score (nSPS) is 15.6. The second-order valence-electron chi connectivity index (χ2n) is 7.63. The maximum atomic E-state index is 12.9. The Kier molecular flexibility index (Phi) is 5.22. The van der Waals surface area contributed by atoms with Crippen molar-refractivity contribution in [1.82, 2.24) is 0 Å². The molecule has 5 heteroatoms. The molecule has 0 spiro atoms. The standard InChI is InChI=1S/C22H26N2O3/c1-5-12-24-18-11-10-17(13-19(18)27-14-22(3,4)21(24)26)23-20(25)16-8-6-15(2)7-9-16/h6-11,13H,5,12,14H2,1-4H3,(H,23,25). The molecular formula is C22H26N2O3. The second kappa shape index (κ2) is 7.43. The molecule has 0 fully saturated rings. The van der Waals surface area contributed by atoms with Crippen molar-refractivity contribution in [3.63, 3.8) is 0 Å². The molecule has 2 aromatic carbocycles. The highest BCUT2D eigenvalue weighted by molar-refractivity contribution is 6.05. The Labute approximate surface area is 160 Å². The number of amides is 2. The molecule has 0 unspecified atom stereocenters. The first kappa shape index (κ1) is 19.0. The molecule has 0 aromatic heterocycles. The van der Waals surface area contributed by atoms with Crippen LogP contribution >= 0.6 is 0 Å². The summed E-state index contributed by atoms with van der Waals surface area (Å²) in [4.78, 5) is 27.1. The maximum Gasteiger partial charge on any atom is 0.255 e. The Morgan fingerprint density at radius 2 is 1.89 bits per heavy atom. The number of fused-ring (bicyclic) bond motifs is 1. The number of anilines is 2. The van der Waals surface area contributed by atoms with E-state index in [1.165, 1.54) is 0 Å². The van der Waals surface area contributed by atoms with Crippen LogP contribution in [-0.4, -0.2) is 25.0 Å². The summed E-state index contributed by atoms with van der Waals surface area (Å²) in [5.74, 6) is 0.494. The van der Waals surface area contributed by atoms with Gasteiger partial charge in [0.2, 0.25) is 5.91 Å². The van der Waals surface area contributed by atoms with E-state index in [1.54, 1.807) is 23.1 Å². The zero-order valence-corrected chi connectivity index (χ0v) is 16.3. The minimum atomic E-state index is -0.598. The molecule has 2 aromatic rings. The van der Waals surface area contributed by atoms with E-state index in [1.807, 2.05) is 52.0 Å². The van der Waals surface area contributed by atoms with Crippen LogP contribution in [0.25, 0.3) is 0 Å². The third-order valence-electron chi connectivity index (χ3n) is 4.68. The van der Waals surface area contributed by atoms with Crippen LogP contribution in [0, 0.1) is 12.3 Å². The highest BCUT2D eigenvalue weighted by Gasteiger charge is 2.37. The molecule has 27 heavy (non-hydrogen) atoms. The Morgan fingerprint density at radius 1 is 1.19 bits per heavy atom. The Hall–Kier alpha value is -2.82. The molecule has 0 saturated heterocycles. The van der Waals surface area contributed by atoms with Gasteiger partial charge in [-0.25, -0.2) is 0 Å². The zero-order valence-electron chi connectivity index (χ0n) is 16.3. The third kappa shape index (κ3) is 3.97. The molecule has 1 heterocycles. The van der Waals surface area contributed by atoms with Gasteiger partial charge >= 0.3 is 0 Å². The van der Waals surface area contributed by atoms with Crippen LogP contribution in [0.15, 0.2) is 42.5 Å². The second-order valence-corrected chi connectivity index (χ2v) is 7.63. The minimum Gasteiger partial charge on any atom is -0.490 e. The van der Waals surface area contributed by atoms with E-state index < -0.39 is 5.41 Å². The highest BCUT2D eigenvalue weighted by atomic mass is 16.5. The Morgan fingerprint density at radius 3 is 2.56 bits per heavy atom. The van der Waals surface area contributed by atoms with E-state index in [2.05, 4.69) is 5.32 Å². The van der Waals surface area contributed by atoms with Gasteiger partial charge in [0.25, 0.3) is 5.91 Å². The van der Waals surface area contributed by atoms with Gasteiger partial charge in [-0.1, -0.05) is 24.6 Å². The molecule has 1 aliphatic rings. The van der Waals surface area contributed by atoms with Gasteiger partial charge in [0.1, 0.15) is 12.4 Å². The quantitative estimate of drug-likeness (QED) is 0.872. The van der Waals surface area contributed by atoms with Gasteiger partial charge in [-0.2, -0.15) is 0 Å². The number of nitrogens with one attached hydrogen (secondary N) is 1. The molecule has 0 atom stereocenters. The molecule has 1 N–H and O–H groups in total. The van der Waals surface area contributed by atoms with Gasteiger partial charge in [0.15, 0.2) is 0 Å². The first-order valence-electron chi connectivity index (χ1n) is 9.28. The van der Waals surface area contributed by atoms with E-state index in [0.29, 0.717) is 30.2 Å². The highest BCUT2D eigenvalue weighted by Crippen LogP contribution is 2.38. The molecule has 0 radical (unpaired) electrons. The number of nitrogens with zero attached hydrogens (tertiary/aromatic N) is 1. The van der Waals surface area contributed by atoms with Crippen LogP contribution in [0.1, 0.15) is 43.1 Å². The van der Waals surface area contributed by atoms with Gasteiger partial charge < -0.3 is 15.0 Å². The van der Waals surface area contributed by atoms with Crippen molar-refractivity contribution in [1.29, 1.82) is 0 Å². The van der Waals surface area contributed by atoms with Crippen LogP contribution < -0.4 is 15.0 Å². The van der Waals surface area contributed by atoms with Gasteiger partial charge in [-0.05, 0) is 51.5 Å². The molecule has 142 valence electrons. The predicted octanol–water partition coefficient (Wildman–Crippen LogP) is 4.41. The molecule has 5 nitrogen and oxygen atoms in total. The Bertz CT molecular complexity index is 856. The van der Waals surface area contributed by atoms with Crippen LogP contribution in [0.2, 0.25) is 0 Å². The van der Waals surface area contributed by atoms with Crippen LogP contribution in [0.3, 0.4) is 0 Å². The van der Waals surface area contributed by atoms with Crippen molar-refractivity contribution in [3.05, 3.63) is 53.6 Å². The SMILES string of the molecule is CCCN1C(=O)C(C)(C)COc2cc(NC(=O)c3ccc(C)cc3)ccc21. The average molecular weight is 366 g/mol. The lowest BCUT2D eigenvalue weighted by molar-refractivity contribution is -0.127. The first-order valence-corrected chi connectivity index (χ1v) is 9.28. The Balaban J connectivity index is 1.87. The topological polar surface area (TPSA) is 58.6 Å².